The van der Waals surface area contributed by atoms with Crippen LogP contribution in [0.2, 0.25) is 0 Å². The Hall–Kier alpha value is -1.37. The molecule has 0 aliphatic rings. The molecule has 0 atom stereocenters. The van der Waals surface area contributed by atoms with E-state index in [1.165, 1.54) is 11.1 Å². The molecule has 0 heterocycles. The molecule has 1 nitrogen and oxygen atoms in total. The van der Waals surface area contributed by atoms with Gasteiger partial charge in [0.25, 0.3) is 0 Å². The van der Waals surface area contributed by atoms with Gasteiger partial charge in [0, 0.05) is 0 Å². The molecule has 0 aliphatic carbocycles. The van der Waals surface area contributed by atoms with Gasteiger partial charge in [-0.1, -0.05) is 23.8 Å². The molecule has 1 aromatic rings. The zero-order valence-electron chi connectivity index (χ0n) is 8.29. The molecule has 0 fully saturated rings. The summed E-state index contributed by atoms with van der Waals surface area (Å²) in [7, 11) is 0. The topological polar surface area (TPSA) is 17.1 Å². The van der Waals surface area contributed by atoms with E-state index >= 15 is 0 Å². The van der Waals surface area contributed by atoms with Gasteiger partial charge < -0.3 is 0 Å². The first-order chi connectivity index (χ1) is 6.15. The Morgan fingerprint density at radius 1 is 1.31 bits per heavy atom. The molecule has 0 bridgehead atoms. The molecule has 0 aliphatic heterocycles. The van der Waals surface area contributed by atoms with Crippen LogP contribution in [0, 0.1) is 13.8 Å². The lowest BCUT2D eigenvalue weighted by atomic mass is 10.00. The Balaban J connectivity index is 3.15. The van der Waals surface area contributed by atoms with E-state index in [0.717, 1.165) is 17.4 Å². The highest BCUT2D eigenvalue weighted by molar-refractivity contribution is 5.81. The third-order valence-corrected chi connectivity index (χ3v) is 2.12. The average molecular weight is 174 g/mol. The first-order valence-electron chi connectivity index (χ1n) is 4.35. The fourth-order valence-electron chi connectivity index (χ4n) is 1.45. The molecule has 0 amide bonds. The Bertz CT molecular complexity index is 348. The maximum absolute atomic E-state index is 10.3. The van der Waals surface area contributed by atoms with Crippen LogP contribution in [0.3, 0.4) is 0 Å². The molecule has 0 unspecified atom stereocenters. The molecule has 0 saturated heterocycles. The second-order valence-corrected chi connectivity index (χ2v) is 3.30. The summed E-state index contributed by atoms with van der Waals surface area (Å²) in [5.41, 5.74) is 4.64. The van der Waals surface area contributed by atoms with Crippen molar-refractivity contribution < 1.29 is 4.79 Å². The van der Waals surface area contributed by atoms with E-state index in [-0.39, 0.29) is 0 Å². The van der Waals surface area contributed by atoms with Gasteiger partial charge in [-0.3, -0.25) is 4.79 Å². The van der Waals surface area contributed by atoms with Gasteiger partial charge in [0.05, 0.1) is 0 Å². The summed E-state index contributed by atoms with van der Waals surface area (Å²) in [6.07, 6.45) is 2.42. The first-order valence-corrected chi connectivity index (χ1v) is 4.35. The van der Waals surface area contributed by atoms with Crippen LogP contribution in [0.5, 0.6) is 0 Å². The van der Waals surface area contributed by atoms with Crippen LogP contribution in [0.25, 0.3) is 5.57 Å². The second-order valence-electron chi connectivity index (χ2n) is 3.30. The molecule has 0 spiro atoms. The maximum Gasteiger partial charge on any atom is 0.143 e. The lowest BCUT2D eigenvalue weighted by molar-refractivity contribution is -0.104. The van der Waals surface area contributed by atoms with Gasteiger partial charge in [0.15, 0.2) is 0 Å². The predicted molar refractivity (Wildman–Crippen MR) is 55.6 cm³/mol. The molecule has 1 aromatic carbocycles. The predicted octanol–water partition coefficient (Wildman–Crippen LogP) is 2.91. The van der Waals surface area contributed by atoms with Crippen LogP contribution in [0.15, 0.2) is 24.3 Å². The number of hydrogen-bond acceptors (Lipinski definition) is 1. The molecule has 13 heavy (non-hydrogen) atoms. The molecule has 0 N–H and O–H groups in total. The van der Waals surface area contributed by atoms with E-state index in [1.807, 2.05) is 6.92 Å². The van der Waals surface area contributed by atoms with Crippen molar-refractivity contribution in [1.29, 1.82) is 0 Å². The van der Waals surface area contributed by atoms with E-state index in [1.54, 1.807) is 6.08 Å². The molecule has 1 rings (SSSR count). The van der Waals surface area contributed by atoms with Crippen molar-refractivity contribution in [2.24, 2.45) is 0 Å². The maximum atomic E-state index is 10.3. The fraction of sp³-hybridized carbons (Fsp3) is 0.250. The van der Waals surface area contributed by atoms with Crippen LogP contribution in [0.4, 0.5) is 0 Å². The minimum Gasteiger partial charge on any atom is -0.299 e. The zero-order chi connectivity index (χ0) is 9.84. The van der Waals surface area contributed by atoms with Crippen LogP contribution in [-0.2, 0) is 4.79 Å². The van der Waals surface area contributed by atoms with E-state index in [9.17, 15) is 4.79 Å². The molecular weight excluding hydrogens is 160 g/mol. The number of carbonyl (C=O) groups is 1. The highest BCUT2D eigenvalue weighted by atomic mass is 16.1. The summed E-state index contributed by atoms with van der Waals surface area (Å²) in [5, 5.41) is 0. The van der Waals surface area contributed by atoms with Crippen molar-refractivity contribution in [1.82, 2.24) is 0 Å². The highest BCUT2D eigenvalue weighted by Crippen LogP contribution is 2.18. The quantitative estimate of drug-likeness (QED) is 0.497. The second kappa shape index (κ2) is 4.04. The van der Waals surface area contributed by atoms with Crippen molar-refractivity contribution >= 4 is 11.9 Å². The van der Waals surface area contributed by atoms with Crippen LogP contribution in [0.1, 0.15) is 23.6 Å². The number of aryl methyl sites for hydroxylation is 2. The van der Waals surface area contributed by atoms with E-state index in [0.29, 0.717) is 0 Å². The summed E-state index contributed by atoms with van der Waals surface area (Å²) < 4.78 is 0. The number of rotatable bonds is 2. The third kappa shape index (κ3) is 2.28. The van der Waals surface area contributed by atoms with Crippen LogP contribution in [-0.4, -0.2) is 6.29 Å². The molecule has 0 radical (unpaired) electrons. The summed E-state index contributed by atoms with van der Waals surface area (Å²) >= 11 is 0. The molecule has 68 valence electrons. The lowest BCUT2D eigenvalue weighted by Crippen LogP contribution is -1.87. The normalized spacial score (nSPS) is 11.5. The number of allylic oxidation sites excluding steroid dienone is 2. The lowest BCUT2D eigenvalue weighted by Gasteiger charge is -2.05. The Morgan fingerprint density at radius 2 is 2.00 bits per heavy atom. The summed E-state index contributed by atoms with van der Waals surface area (Å²) in [5.74, 6) is 0. The van der Waals surface area contributed by atoms with Crippen molar-refractivity contribution in [3.63, 3.8) is 0 Å². The van der Waals surface area contributed by atoms with Crippen LogP contribution >= 0.6 is 0 Å². The van der Waals surface area contributed by atoms with Gasteiger partial charge in [-0.05, 0) is 43.5 Å². The highest BCUT2D eigenvalue weighted by Gasteiger charge is 1.99. The van der Waals surface area contributed by atoms with E-state index < -0.39 is 0 Å². The smallest absolute Gasteiger partial charge is 0.143 e. The van der Waals surface area contributed by atoms with Crippen LogP contribution < -0.4 is 0 Å². The third-order valence-electron chi connectivity index (χ3n) is 2.12. The minimum absolute atomic E-state index is 0.828. The molecule has 0 saturated carbocycles. The Morgan fingerprint density at radius 3 is 2.54 bits per heavy atom. The summed E-state index contributed by atoms with van der Waals surface area (Å²) in [4.78, 5) is 10.3. The number of hydrogen-bond donors (Lipinski definition) is 0. The molecule has 0 aromatic heterocycles. The van der Waals surface area contributed by atoms with Crippen molar-refractivity contribution in [2.75, 3.05) is 0 Å². The van der Waals surface area contributed by atoms with Crippen molar-refractivity contribution in [3.8, 4) is 0 Å². The largest absolute Gasteiger partial charge is 0.299 e. The van der Waals surface area contributed by atoms with Gasteiger partial charge >= 0.3 is 0 Å². The fourth-order valence-corrected chi connectivity index (χ4v) is 1.45. The molecular formula is C12H14O. The Kier molecular flexibility index (Phi) is 3.02. The van der Waals surface area contributed by atoms with E-state index in [2.05, 4.69) is 32.0 Å². The summed E-state index contributed by atoms with van der Waals surface area (Å²) in [6, 6.07) is 6.24. The first kappa shape index (κ1) is 9.72. The van der Waals surface area contributed by atoms with Crippen molar-refractivity contribution in [3.05, 3.63) is 41.0 Å². The van der Waals surface area contributed by atoms with Gasteiger partial charge in [0.2, 0.25) is 0 Å². The zero-order valence-corrected chi connectivity index (χ0v) is 8.29. The SMILES string of the molecule is C/C(=C/C=O)c1ccc(C)cc1C. The summed E-state index contributed by atoms with van der Waals surface area (Å²) in [6.45, 7) is 6.08. The monoisotopic (exact) mass is 174 g/mol. The van der Waals surface area contributed by atoms with Gasteiger partial charge in [0.1, 0.15) is 6.29 Å². The molecule has 1 heteroatoms. The van der Waals surface area contributed by atoms with Gasteiger partial charge in [-0.25, -0.2) is 0 Å². The number of aldehydes is 1. The van der Waals surface area contributed by atoms with E-state index in [4.69, 9.17) is 0 Å². The average Bonchev–Trinajstić information content (AvgIpc) is 2.04. The van der Waals surface area contributed by atoms with Gasteiger partial charge in [-0.15, -0.1) is 0 Å². The Labute approximate surface area is 79.1 Å². The van der Waals surface area contributed by atoms with Gasteiger partial charge in [-0.2, -0.15) is 0 Å². The number of carbonyl (C=O) groups excluding carboxylic acids is 1. The number of benzene rings is 1. The van der Waals surface area contributed by atoms with Crippen molar-refractivity contribution in [2.45, 2.75) is 20.8 Å². The minimum atomic E-state index is 0.828. The standard InChI is InChI=1S/C12H14O/c1-9-4-5-12(11(3)8-9)10(2)6-7-13/h4-8H,1-3H3/b10-6-.